The molecule has 0 aromatic heterocycles. The van der Waals surface area contributed by atoms with Crippen molar-refractivity contribution in [3.63, 3.8) is 0 Å². The number of piperazine rings is 1. The molecule has 0 spiro atoms. The van der Waals surface area contributed by atoms with E-state index in [1.165, 1.54) is 19.2 Å². The van der Waals surface area contributed by atoms with Crippen molar-refractivity contribution in [1.82, 2.24) is 20.4 Å². The summed E-state index contributed by atoms with van der Waals surface area (Å²) in [5.41, 5.74) is 0.438. The summed E-state index contributed by atoms with van der Waals surface area (Å²) in [4.78, 5) is 39.3. The molecule has 1 fully saturated rings. The third kappa shape index (κ3) is 6.61. The number of rotatable bonds is 6. The maximum atomic E-state index is 13.2. The van der Waals surface area contributed by atoms with Gasteiger partial charge in [0.1, 0.15) is 5.82 Å². The van der Waals surface area contributed by atoms with Crippen LogP contribution in [0.15, 0.2) is 24.3 Å². The lowest BCUT2D eigenvalue weighted by Gasteiger charge is -2.37. The Kier molecular flexibility index (Phi) is 7.68. The average molecular weight is 379 g/mol. The van der Waals surface area contributed by atoms with Gasteiger partial charge in [0, 0.05) is 51.9 Å². The first kappa shape index (κ1) is 20.8. The van der Waals surface area contributed by atoms with Crippen molar-refractivity contribution in [3.8, 4) is 0 Å². The van der Waals surface area contributed by atoms with Gasteiger partial charge < -0.3 is 15.5 Å². The average Bonchev–Trinajstić information content (AvgIpc) is 2.66. The number of nitrogens with zero attached hydrogens (tertiary/aromatic N) is 2. The van der Waals surface area contributed by atoms with Crippen LogP contribution in [-0.2, 0) is 9.59 Å². The largest absolute Gasteiger partial charge is 0.341 e. The van der Waals surface area contributed by atoms with Gasteiger partial charge >= 0.3 is 6.03 Å². The van der Waals surface area contributed by atoms with E-state index in [1.54, 1.807) is 12.1 Å². The fourth-order valence-electron chi connectivity index (χ4n) is 2.86. The zero-order valence-corrected chi connectivity index (χ0v) is 15.6. The van der Waals surface area contributed by atoms with E-state index in [0.717, 1.165) is 13.1 Å². The van der Waals surface area contributed by atoms with Gasteiger partial charge in [-0.05, 0) is 25.1 Å². The summed E-state index contributed by atoms with van der Waals surface area (Å²) in [7, 11) is 1.45. The molecule has 9 heteroatoms. The predicted octanol–water partition coefficient (Wildman–Crippen LogP) is 0.616. The number of anilines is 1. The topological polar surface area (TPSA) is 93.8 Å². The van der Waals surface area contributed by atoms with E-state index in [1.807, 2.05) is 6.92 Å². The summed E-state index contributed by atoms with van der Waals surface area (Å²) in [6.45, 7) is 5.21. The monoisotopic (exact) mass is 379 g/mol. The van der Waals surface area contributed by atoms with Crippen LogP contribution in [0.5, 0.6) is 0 Å². The van der Waals surface area contributed by atoms with Crippen LogP contribution in [0, 0.1) is 5.82 Å². The Hall–Kier alpha value is -2.52. The van der Waals surface area contributed by atoms with Gasteiger partial charge in [-0.1, -0.05) is 6.07 Å². The van der Waals surface area contributed by atoms with Crippen LogP contribution in [0.25, 0.3) is 0 Å². The van der Waals surface area contributed by atoms with Gasteiger partial charge in [-0.3, -0.25) is 19.8 Å². The third-order valence-electron chi connectivity index (χ3n) is 4.56. The van der Waals surface area contributed by atoms with Gasteiger partial charge in [-0.15, -0.1) is 0 Å². The van der Waals surface area contributed by atoms with Gasteiger partial charge in [0.25, 0.3) is 0 Å². The van der Waals surface area contributed by atoms with E-state index in [4.69, 9.17) is 0 Å². The summed E-state index contributed by atoms with van der Waals surface area (Å²) in [5, 5.41) is 7.30. The number of imide groups is 1. The van der Waals surface area contributed by atoms with Crippen LogP contribution in [0.1, 0.15) is 13.3 Å². The van der Waals surface area contributed by atoms with Gasteiger partial charge in [0.05, 0.1) is 6.04 Å². The SMILES string of the molecule is CNC(=O)NC(=O)CCN1CCN(C(C)C(=O)Nc2cccc(F)c2)CC1. The maximum Gasteiger partial charge on any atom is 0.321 e. The highest BCUT2D eigenvalue weighted by atomic mass is 19.1. The molecule has 1 aromatic rings. The molecule has 3 N–H and O–H groups in total. The van der Waals surface area contributed by atoms with Crippen LogP contribution in [0.2, 0.25) is 0 Å². The van der Waals surface area contributed by atoms with Crippen molar-refractivity contribution in [3.05, 3.63) is 30.1 Å². The van der Waals surface area contributed by atoms with Crippen LogP contribution in [0.3, 0.4) is 0 Å². The number of hydrogen-bond donors (Lipinski definition) is 3. The molecule has 27 heavy (non-hydrogen) atoms. The number of hydrogen-bond acceptors (Lipinski definition) is 5. The van der Waals surface area contributed by atoms with Gasteiger partial charge in [-0.2, -0.15) is 0 Å². The Bertz CT molecular complexity index is 677. The van der Waals surface area contributed by atoms with Crippen molar-refractivity contribution in [2.45, 2.75) is 19.4 Å². The number of halogens is 1. The predicted molar refractivity (Wildman–Crippen MR) is 99.7 cm³/mol. The Morgan fingerprint density at radius 2 is 1.89 bits per heavy atom. The molecular formula is C18H26FN5O3. The smallest absolute Gasteiger partial charge is 0.321 e. The molecule has 0 saturated carbocycles. The quantitative estimate of drug-likeness (QED) is 0.674. The van der Waals surface area contributed by atoms with E-state index in [2.05, 4.69) is 25.8 Å². The van der Waals surface area contributed by atoms with Crippen molar-refractivity contribution in [1.29, 1.82) is 0 Å². The molecule has 1 atom stereocenters. The van der Waals surface area contributed by atoms with E-state index >= 15 is 0 Å². The minimum absolute atomic E-state index is 0.181. The zero-order chi connectivity index (χ0) is 19.8. The van der Waals surface area contributed by atoms with Gasteiger partial charge in [-0.25, -0.2) is 9.18 Å². The van der Waals surface area contributed by atoms with E-state index < -0.39 is 11.8 Å². The molecule has 8 nitrogen and oxygen atoms in total. The molecular weight excluding hydrogens is 353 g/mol. The normalized spacial score (nSPS) is 16.4. The van der Waals surface area contributed by atoms with Crippen molar-refractivity contribution >= 4 is 23.5 Å². The molecule has 148 valence electrons. The van der Waals surface area contributed by atoms with Gasteiger partial charge in [0.2, 0.25) is 11.8 Å². The zero-order valence-electron chi connectivity index (χ0n) is 15.6. The molecule has 1 unspecified atom stereocenters. The highest BCUT2D eigenvalue weighted by molar-refractivity contribution is 5.94. The summed E-state index contributed by atoms with van der Waals surface area (Å²) in [5.74, 6) is -0.895. The summed E-state index contributed by atoms with van der Waals surface area (Å²) in [6.07, 6.45) is 0.239. The van der Waals surface area contributed by atoms with Gasteiger partial charge in [0.15, 0.2) is 0 Å². The Labute approximate surface area is 158 Å². The van der Waals surface area contributed by atoms with E-state index in [0.29, 0.717) is 25.3 Å². The van der Waals surface area contributed by atoms with E-state index in [-0.39, 0.29) is 24.3 Å². The molecule has 1 aromatic carbocycles. The molecule has 0 radical (unpaired) electrons. The fourth-order valence-corrected chi connectivity index (χ4v) is 2.86. The van der Waals surface area contributed by atoms with Crippen molar-refractivity contribution in [2.75, 3.05) is 45.1 Å². The second-order valence-corrected chi connectivity index (χ2v) is 6.43. The number of carbonyl (C=O) groups excluding carboxylic acids is 3. The molecule has 1 saturated heterocycles. The summed E-state index contributed by atoms with van der Waals surface area (Å²) in [6, 6.07) is 4.96. The minimum atomic E-state index is -0.511. The Morgan fingerprint density at radius 1 is 1.19 bits per heavy atom. The lowest BCUT2D eigenvalue weighted by molar-refractivity contribution is -0.121. The standard InChI is InChI=1S/C18H26FN5O3/c1-13(17(26)21-15-5-3-4-14(19)12-15)24-10-8-23(9-11-24)7-6-16(25)22-18(27)20-2/h3-5,12-13H,6-11H2,1-2H3,(H,21,26)(H2,20,22,25,27). The molecule has 1 aliphatic rings. The van der Waals surface area contributed by atoms with Crippen molar-refractivity contribution < 1.29 is 18.8 Å². The molecule has 0 bridgehead atoms. The van der Waals surface area contributed by atoms with Crippen molar-refractivity contribution in [2.24, 2.45) is 0 Å². The Balaban J connectivity index is 1.73. The molecule has 0 aliphatic carbocycles. The van der Waals surface area contributed by atoms with Crippen LogP contribution < -0.4 is 16.0 Å². The maximum absolute atomic E-state index is 13.2. The summed E-state index contributed by atoms with van der Waals surface area (Å²) >= 11 is 0. The van der Waals surface area contributed by atoms with Crippen LogP contribution in [-0.4, -0.2) is 73.5 Å². The second kappa shape index (κ2) is 9.98. The van der Waals surface area contributed by atoms with Crippen LogP contribution in [0.4, 0.5) is 14.9 Å². The summed E-state index contributed by atoms with van der Waals surface area (Å²) < 4.78 is 13.2. The van der Waals surface area contributed by atoms with Crippen LogP contribution >= 0.6 is 0 Å². The number of benzene rings is 1. The first-order valence-electron chi connectivity index (χ1n) is 8.93. The lowest BCUT2D eigenvalue weighted by Crippen LogP contribution is -2.53. The minimum Gasteiger partial charge on any atom is -0.341 e. The lowest BCUT2D eigenvalue weighted by atomic mass is 10.2. The number of amides is 4. The first-order valence-corrected chi connectivity index (χ1v) is 8.93. The number of urea groups is 1. The molecule has 2 rings (SSSR count). The highest BCUT2D eigenvalue weighted by Gasteiger charge is 2.25. The first-order chi connectivity index (χ1) is 12.9. The molecule has 4 amide bonds. The molecule has 1 heterocycles. The van der Waals surface area contributed by atoms with E-state index in [9.17, 15) is 18.8 Å². The Morgan fingerprint density at radius 3 is 2.52 bits per heavy atom. The number of carbonyl (C=O) groups is 3. The second-order valence-electron chi connectivity index (χ2n) is 6.43. The third-order valence-corrected chi connectivity index (χ3v) is 4.56. The fraction of sp³-hybridized carbons (Fsp3) is 0.500. The highest BCUT2D eigenvalue weighted by Crippen LogP contribution is 2.12. The molecule has 1 aliphatic heterocycles. The number of nitrogens with one attached hydrogen (secondary N) is 3.